The Balaban J connectivity index is 1.90. The van der Waals surface area contributed by atoms with Crippen molar-refractivity contribution >= 4 is 22.0 Å². The topological polar surface area (TPSA) is 102 Å². The molecular formula is C18H18N2O6S. The third-order valence-corrected chi connectivity index (χ3v) is 5.83. The average molecular weight is 390 g/mol. The van der Waals surface area contributed by atoms with Crippen LogP contribution >= 0.6 is 0 Å². The number of ether oxygens (including phenoxy) is 2. The van der Waals surface area contributed by atoms with Crippen LogP contribution in [0.3, 0.4) is 0 Å². The molecule has 8 nitrogen and oxygen atoms in total. The maximum absolute atomic E-state index is 12.9. The Kier molecular flexibility index (Phi) is 5.04. The van der Waals surface area contributed by atoms with Gasteiger partial charge in [0.25, 0.3) is 15.9 Å². The van der Waals surface area contributed by atoms with Gasteiger partial charge in [0, 0.05) is 12.5 Å². The molecule has 1 aliphatic rings. The molecule has 1 heterocycles. The zero-order chi connectivity index (χ0) is 19.6. The maximum Gasteiger partial charge on any atom is 0.339 e. The number of nitrogens with zero attached hydrogens (tertiary/aromatic N) is 1. The number of hydrogen-bond acceptors (Lipinski definition) is 6. The summed E-state index contributed by atoms with van der Waals surface area (Å²) < 4.78 is 36.2. The first-order valence-corrected chi connectivity index (χ1v) is 9.48. The zero-order valence-electron chi connectivity index (χ0n) is 14.7. The van der Waals surface area contributed by atoms with Crippen LogP contribution in [0.4, 0.5) is 4.79 Å². The smallest absolute Gasteiger partial charge is 0.339 e. The van der Waals surface area contributed by atoms with Gasteiger partial charge in [-0.2, -0.15) is 0 Å². The lowest BCUT2D eigenvalue weighted by molar-refractivity contribution is -0.124. The highest BCUT2D eigenvalue weighted by atomic mass is 32.2. The van der Waals surface area contributed by atoms with Gasteiger partial charge in [-0.3, -0.25) is 4.79 Å². The van der Waals surface area contributed by atoms with Crippen LogP contribution in [0.1, 0.15) is 5.56 Å². The fourth-order valence-electron chi connectivity index (χ4n) is 2.81. The summed E-state index contributed by atoms with van der Waals surface area (Å²) in [5.41, 5.74) is 0.807. The first-order chi connectivity index (χ1) is 12.9. The minimum atomic E-state index is -4.38. The highest BCUT2D eigenvalue weighted by Crippen LogP contribution is 2.31. The summed E-state index contributed by atoms with van der Waals surface area (Å²) in [6.07, 6.45) is 0.198. The van der Waals surface area contributed by atoms with E-state index in [0.29, 0.717) is 5.75 Å². The minimum absolute atomic E-state index is 0.173. The van der Waals surface area contributed by atoms with Crippen LogP contribution in [0.5, 0.6) is 11.5 Å². The second-order valence-electron chi connectivity index (χ2n) is 5.82. The van der Waals surface area contributed by atoms with Gasteiger partial charge < -0.3 is 14.8 Å². The summed E-state index contributed by atoms with van der Waals surface area (Å²) in [5, 5.41) is 2.43. The second-order valence-corrected chi connectivity index (χ2v) is 7.60. The molecule has 2 aromatic carbocycles. The molecule has 3 rings (SSSR count). The summed E-state index contributed by atoms with van der Waals surface area (Å²) in [6.45, 7) is 0. The van der Waals surface area contributed by atoms with Crippen molar-refractivity contribution in [1.29, 1.82) is 0 Å². The quantitative estimate of drug-likeness (QED) is 0.751. The Morgan fingerprint density at radius 2 is 1.67 bits per heavy atom. The number of sulfonamides is 1. The number of carbonyl (C=O) groups is 2. The predicted octanol–water partition coefficient (Wildman–Crippen LogP) is 1.56. The Morgan fingerprint density at radius 1 is 1.00 bits per heavy atom. The van der Waals surface area contributed by atoms with Gasteiger partial charge in [0.05, 0.1) is 19.1 Å². The molecule has 0 bridgehead atoms. The molecule has 0 aromatic heterocycles. The van der Waals surface area contributed by atoms with E-state index in [4.69, 9.17) is 9.47 Å². The van der Waals surface area contributed by atoms with E-state index in [-0.39, 0.29) is 21.4 Å². The van der Waals surface area contributed by atoms with Crippen molar-refractivity contribution < 1.29 is 27.5 Å². The molecule has 1 N–H and O–H groups in total. The van der Waals surface area contributed by atoms with E-state index in [2.05, 4.69) is 5.32 Å². The SMILES string of the molecule is COc1ccc(S(=O)(=O)N2C(=O)N[C@H](Cc3ccccc3)C2=O)cc1OC. The normalized spacial score (nSPS) is 17.0. The number of nitrogens with one attached hydrogen (secondary N) is 1. The van der Waals surface area contributed by atoms with Crippen molar-refractivity contribution in [3.8, 4) is 11.5 Å². The second kappa shape index (κ2) is 7.28. The van der Waals surface area contributed by atoms with E-state index in [0.717, 1.165) is 5.56 Å². The molecule has 142 valence electrons. The van der Waals surface area contributed by atoms with Crippen molar-refractivity contribution in [3.63, 3.8) is 0 Å². The molecule has 0 spiro atoms. The van der Waals surface area contributed by atoms with E-state index in [9.17, 15) is 18.0 Å². The maximum atomic E-state index is 12.9. The summed E-state index contributed by atoms with van der Waals surface area (Å²) in [7, 11) is -1.61. The molecule has 1 fully saturated rings. The standard InChI is InChI=1S/C18H18N2O6S/c1-25-15-9-8-13(11-16(15)26-2)27(23,24)20-17(21)14(19-18(20)22)10-12-6-4-3-5-7-12/h3-9,11,14H,10H2,1-2H3,(H,19,22)/t14-/m1/s1. The number of methoxy groups -OCH3 is 2. The van der Waals surface area contributed by atoms with E-state index < -0.39 is 28.0 Å². The first-order valence-electron chi connectivity index (χ1n) is 8.04. The van der Waals surface area contributed by atoms with Gasteiger partial charge in [-0.1, -0.05) is 30.3 Å². The minimum Gasteiger partial charge on any atom is -0.493 e. The van der Waals surface area contributed by atoms with Crippen LogP contribution < -0.4 is 14.8 Å². The zero-order valence-corrected chi connectivity index (χ0v) is 15.5. The monoisotopic (exact) mass is 390 g/mol. The van der Waals surface area contributed by atoms with Gasteiger partial charge in [-0.15, -0.1) is 4.31 Å². The number of hydrogen-bond donors (Lipinski definition) is 1. The van der Waals surface area contributed by atoms with Gasteiger partial charge in [-0.05, 0) is 17.7 Å². The Morgan fingerprint density at radius 3 is 2.30 bits per heavy atom. The third kappa shape index (κ3) is 3.45. The largest absolute Gasteiger partial charge is 0.493 e. The molecule has 2 aromatic rings. The molecule has 1 atom stereocenters. The molecule has 0 saturated carbocycles. The van der Waals surface area contributed by atoms with Crippen molar-refractivity contribution in [2.24, 2.45) is 0 Å². The van der Waals surface area contributed by atoms with E-state index >= 15 is 0 Å². The number of rotatable bonds is 6. The van der Waals surface area contributed by atoms with Crippen molar-refractivity contribution in [3.05, 3.63) is 54.1 Å². The summed E-state index contributed by atoms with van der Waals surface area (Å²) in [6, 6.07) is 10.9. The molecule has 0 unspecified atom stereocenters. The van der Waals surface area contributed by atoms with Gasteiger partial charge >= 0.3 is 6.03 Å². The first kappa shape index (κ1) is 18.7. The lowest BCUT2D eigenvalue weighted by Gasteiger charge is -2.15. The van der Waals surface area contributed by atoms with Crippen molar-refractivity contribution in [2.75, 3.05) is 14.2 Å². The summed E-state index contributed by atoms with van der Waals surface area (Å²) in [4.78, 5) is 24.6. The lowest BCUT2D eigenvalue weighted by atomic mass is 10.1. The van der Waals surface area contributed by atoms with Crippen LogP contribution in [0.25, 0.3) is 0 Å². The molecule has 27 heavy (non-hydrogen) atoms. The third-order valence-electron chi connectivity index (χ3n) is 4.16. The fraction of sp³-hybridized carbons (Fsp3) is 0.222. The number of benzene rings is 2. The average Bonchev–Trinajstić information content (AvgIpc) is 2.95. The predicted molar refractivity (Wildman–Crippen MR) is 96.0 cm³/mol. The van der Waals surface area contributed by atoms with Crippen molar-refractivity contribution in [2.45, 2.75) is 17.4 Å². The van der Waals surface area contributed by atoms with E-state index in [1.807, 2.05) is 6.07 Å². The molecule has 9 heteroatoms. The van der Waals surface area contributed by atoms with Crippen LogP contribution in [-0.2, 0) is 21.2 Å². The molecule has 3 amide bonds. The van der Waals surface area contributed by atoms with Crippen LogP contribution in [0, 0.1) is 0 Å². The molecular weight excluding hydrogens is 372 g/mol. The Hall–Kier alpha value is -3.07. The van der Waals surface area contributed by atoms with Gasteiger partial charge in [0.2, 0.25) is 0 Å². The van der Waals surface area contributed by atoms with Gasteiger partial charge in [0.1, 0.15) is 6.04 Å². The highest BCUT2D eigenvalue weighted by Gasteiger charge is 2.46. The lowest BCUT2D eigenvalue weighted by Crippen LogP contribution is -2.37. The fourth-order valence-corrected chi connectivity index (χ4v) is 4.15. The van der Waals surface area contributed by atoms with Gasteiger partial charge in [0.15, 0.2) is 11.5 Å². The number of amides is 3. The molecule has 1 aliphatic heterocycles. The summed E-state index contributed by atoms with van der Waals surface area (Å²) >= 11 is 0. The Labute approximate surface area is 156 Å². The van der Waals surface area contributed by atoms with Crippen molar-refractivity contribution in [1.82, 2.24) is 9.62 Å². The van der Waals surface area contributed by atoms with Crippen LogP contribution in [0.2, 0.25) is 0 Å². The van der Waals surface area contributed by atoms with E-state index in [1.54, 1.807) is 24.3 Å². The van der Waals surface area contributed by atoms with Crippen LogP contribution in [0.15, 0.2) is 53.4 Å². The van der Waals surface area contributed by atoms with Crippen LogP contribution in [-0.4, -0.2) is 44.9 Å². The highest BCUT2D eigenvalue weighted by molar-refractivity contribution is 7.90. The van der Waals surface area contributed by atoms with E-state index in [1.165, 1.54) is 32.4 Å². The molecule has 1 saturated heterocycles. The summed E-state index contributed by atoms with van der Waals surface area (Å²) in [5.74, 6) is -0.319. The Bertz CT molecular complexity index is 975. The number of imide groups is 1. The number of carbonyl (C=O) groups excluding carboxylic acids is 2. The number of urea groups is 1. The molecule has 0 radical (unpaired) electrons. The van der Waals surface area contributed by atoms with Gasteiger partial charge in [-0.25, -0.2) is 13.2 Å². The molecule has 0 aliphatic carbocycles.